The Kier molecular flexibility index (Phi) is 7.21. The van der Waals surface area contributed by atoms with Crippen LogP contribution in [0.1, 0.15) is 10.4 Å². The SMILES string of the molecule is COC(=O)c1ccc(S(=O)(=O)NCC#CCOc2cccc(Br)c2)cc1. The Morgan fingerprint density at radius 3 is 2.54 bits per heavy atom. The van der Waals surface area contributed by atoms with Crippen molar-refractivity contribution >= 4 is 31.9 Å². The highest BCUT2D eigenvalue weighted by atomic mass is 79.9. The topological polar surface area (TPSA) is 81.7 Å². The Hall–Kier alpha value is -2.34. The molecule has 0 saturated carbocycles. The van der Waals surface area contributed by atoms with Gasteiger partial charge in [-0.1, -0.05) is 33.8 Å². The second-order valence-electron chi connectivity index (χ2n) is 4.94. The van der Waals surface area contributed by atoms with E-state index < -0.39 is 16.0 Å². The molecule has 0 bridgehead atoms. The lowest BCUT2D eigenvalue weighted by Crippen LogP contribution is -2.24. The van der Waals surface area contributed by atoms with Crippen molar-refractivity contribution in [3.63, 3.8) is 0 Å². The number of carbonyl (C=O) groups is 1. The number of carbonyl (C=O) groups excluding carboxylic acids is 1. The summed E-state index contributed by atoms with van der Waals surface area (Å²) in [4.78, 5) is 11.4. The molecular weight excluding hydrogens is 422 g/mol. The van der Waals surface area contributed by atoms with Crippen molar-refractivity contribution in [2.75, 3.05) is 20.3 Å². The number of ether oxygens (including phenoxy) is 2. The zero-order valence-electron chi connectivity index (χ0n) is 13.9. The van der Waals surface area contributed by atoms with Gasteiger partial charge in [0.2, 0.25) is 10.0 Å². The predicted molar refractivity (Wildman–Crippen MR) is 100 cm³/mol. The maximum absolute atomic E-state index is 12.1. The Bertz CT molecular complexity index is 930. The molecule has 0 radical (unpaired) electrons. The van der Waals surface area contributed by atoms with Crippen molar-refractivity contribution in [1.29, 1.82) is 0 Å². The van der Waals surface area contributed by atoms with E-state index in [1.807, 2.05) is 18.2 Å². The number of esters is 1. The number of hydrogen-bond donors (Lipinski definition) is 1. The number of rotatable bonds is 6. The second-order valence-corrected chi connectivity index (χ2v) is 7.62. The van der Waals surface area contributed by atoms with Crippen LogP contribution in [0.4, 0.5) is 0 Å². The van der Waals surface area contributed by atoms with Gasteiger partial charge in [0.25, 0.3) is 0 Å². The number of halogens is 1. The smallest absolute Gasteiger partial charge is 0.337 e. The minimum absolute atomic E-state index is 0.0392. The fraction of sp³-hybridized carbons (Fsp3) is 0.167. The molecule has 0 spiro atoms. The van der Waals surface area contributed by atoms with E-state index in [1.165, 1.54) is 31.4 Å². The highest BCUT2D eigenvalue weighted by Gasteiger charge is 2.14. The van der Waals surface area contributed by atoms with Crippen molar-refractivity contribution in [3.8, 4) is 17.6 Å². The highest BCUT2D eigenvalue weighted by molar-refractivity contribution is 9.10. The number of nitrogens with one attached hydrogen (secondary N) is 1. The van der Waals surface area contributed by atoms with E-state index >= 15 is 0 Å². The van der Waals surface area contributed by atoms with E-state index in [0.29, 0.717) is 5.75 Å². The molecule has 2 aromatic carbocycles. The van der Waals surface area contributed by atoms with Crippen LogP contribution in [0.5, 0.6) is 5.75 Å². The van der Waals surface area contributed by atoms with E-state index in [4.69, 9.17) is 4.74 Å². The van der Waals surface area contributed by atoms with Gasteiger partial charge in [-0.2, -0.15) is 4.72 Å². The number of benzene rings is 2. The fourth-order valence-electron chi connectivity index (χ4n) is 1.89. The molecule has 0 aromatic heterocycles. The van der Waals surface area contributed by atoms with Crippen LogP contribution < -0.4 is 9.46 Å². The van der Waals surface area contributed by atoms with Gasteiger partial charge in [-0.25, -0.2) is 13.2 Å². The first-order chi connectivity index (χ1) is 12.4. The molecule has 0 fully saturated rings. The minimum Gasteiger partial charge on any atom is -0.481 e. The average molecular weight is 438 g/mol. The molecule has 2 rings (SSSR count). The van der Waals surface area contributed by atoms with E-state index in [0.717, 1.165) is 4.47 Å². The molecular formula is C18H16BrNO5S. The third kappa shape index (κ3) is 5.88. The standard InChI is InChI=1S/C18H16BrNO5S/c1-24-18(21)14-7-9-17(10-8-14)26(22,23)20-11-2-3-12-25-16-6-4-5-15(19)13-16/h4-10,13,20H,11-12H2,1H3. The van der Waals surface area contributed by atoms with Gasteiger partial charge in [-0.05, 0) is 42.5 Å². The molecule has 26 heavy (non-hydrogen) atoms. The van der Waals surface area contributed by atoms with Crippen molar-refractivity contribution in [3.05, 3.63) is 58.6 Å². The molecule has 136 valence electrons. The summed E-state index contributed by atoms with van der Waals surface area (Å²) >= 11 is 3.34. The van der Waals surface area contributed by atoms with Gasteiger partial charge in [-0.3, -0.25) is 0 Å². The molecule has 2 aromatic rings. The van der Waals surface area contributed by atoms with Crippen molar-refractivity contribution in [2.45, 2.75) is 4.90 Å². The summed E-state index contributed by atoms with van der Waals surface area (Å²) in [6.07, 6.45) is 0. The van der Waals surface area contributed by atoms with Gasteiger partial charge < -0.3 is 9.47 Å². The molecule has 0 unspecified atom stereocenters. The largest absolute Gasteiger partial charge is 0.481 e. The van der Waals surface area contributed by atoms with Gasteiger partial charge in [-0.15, -0.1) is 0 Å². The Labute approximate surface area is 160 Å². The quantitative estimate of drug-likeness (QED) is 0.554. The molecule has 0 atom stereocenters. The van der Waals surface area contributed by atoms with Crippen LogP contribution in [0.25, 0.3) is 0 Å². The molecule has 0 aliphatic heterocycles. The van der Waals surface area contributed by atoms with Gasteiger partial charge in [0.15, 0.2) is 0 Å². The van der Waals surface area contributed by atoms with Crippen LogP contribution in [-0.4, -0.2) is 34.6 Å². The predicted octanol–water partition coefficient (Wildman–Crippen LogP) is 2.60. The van der Waals surface area contributed by atoms with Crippen LogP contribution in [0.15, 0.2) is 57.9 Å². The summed E-state index contributed by atoms with van der Waals surface area (Å²) in [5, 5.41) is 0. The number of hydrogen-bond acceptors (Lipinski definition) is 5. The Morgan fingerprint density at radius 2 is 1.88 bits per heavy atom. The minimum atomic E-state index is -3.71. The summed E-state index contributed by atoms with van der Waals surface area (Å²) in [6.45, 7) is 0.0922. The van der Waals surface area contributed by atoms with E-state index in [2.05, 4.69) is 37.2 Å². The van der Waals surface area contributed by atoms with Gasteiger partial charge in [0.05, 0.1) is 24.1 Å². The van der Waals surface area contributed by atoms with Gasteiger partial charge >= 0.3 is 5.97 Å². The van der Waals surface area contributed by atoms with Crippen molar-refractivity contribution < 1.29 is 22.7 Å². The number of sulfonamides is 1. The van der Waals surface area contributed by atoms with Crippen molar-refractivity contribution in [2.24, 2.45) is 0 Å². The molecule has 8 heteroatoms. The van der Waals surface area contributed by atoms with Crippen LogP contribution in [-0.2, 0) is 14.8 Å². The van der Waals surface area contributed by atoms with Crippen LogP contribution >= 0.6 is 15.9 Å². The first kappa shape index (κ1) is 20.0. The van der Waals surface area contributed by atoms with Gasteiger partial charge in [0, 0.05) is 4.47 Å². The summed E-state index contributed by atoms with van der Waals surface area (Å²) in [5.41, 5.74) is 0.274. The highest BCUT2D eigenvalue weighted by Crippen LogP contribution is 2.17. The molecule has 0 aliphatic carbocycles. The Balaban J connectivity index is 1.85. The van der Waals surface area contributed by atoms with E-state index in [1.54, 1.807) is 6.07 Å². The van der Waals surface area contributed by atoms with E-state index in [9.17, 15) is 13.2 Å². The molecule has 0 saturated heterocycles. The molecule has 1 N–H and O–H groups in total. The maximum Gasteiger partial charge on any atom is 0.337 e. The third-order valence-electron chi connectivity index (χ3n) is 3.17. The van der Waals surface area contributed by atoms with Gasteiger partial charge in [0.1, 0.15) is 12.4 Å². The second kappa shape index (κ2) is 9.38. The maximum atomic E-state index is 12.1. The first-order valence-electron chi connectivity index (χ1n) is 7.44. The zero-order valence-corrected chi connectivity index (χ0v) is 16.3. The van der Waals surface area contributed by atoms with Crippen LogP contribution in [0.2, 0.25) is 0 Å². The molecule has 0 aliphatic rings. The summed E-state index contributed by atoms with van der Waals surface area (Å²) < 4.78 is 37.5. The lowest BCUT2D eigenvalue weighted by molar-refractivity contribution is 0.0600. The average Bonchev–Trinajstić information content (AvgIpc) is 2.64. The van der Waals surface area contributed by atoms with Crippen molar-refractivity contribution in [1.82, 2.24) is 4.72 Å². The third-order valence-corrected chi connectivity index (χ3v) is 5.08. The fourth-order valence-corrected chi connectivity index (χ4v) is 3.19. The normalized spacial score (nSPS) is 10.5. The first-order valence-corrected chi connectivity index (χ1v) is 9.72. The molecule has 0 amide bonds. The summed E-state index contributed by atoms with van der Waals surface area (Å²) in [6, 6.07) is 12.8. The molecule has 0 heterocycles. The lowest BCUT2D eigenvalue weighted by Gasteiger charge is -2.05. The van der Waals surface area contributed by atoms with Crippen LogP contribution in [0, 0.1) is 11.8 Å². The Morgan fingerprint density at radius 1 is 1.15 bits per heavy atom. The monoisotopic (exact) mass is 437 g/mol. The van der Waals surface area contributed by atoms with E-state index in [-0.39, 0.29) is 23.6 Å². The lowest BCUT2D eigenvalue weighted by atomic mass is 10.2. The zero-order chi connectivity index (χ0) is 19.0. The molecule has 6 nitrogen and oxygen atoms in total. The number of methoxy groups -OCH3 is 1. The van der Waals surface area contributed by atoms with Crippen LogP contribution in [0.3, 0.4) is 0 Å². The summed E-state index contributed by atoms with van der Waals surface area (Å²) in [7, 11) is -2.45. The summed E-state index contributed by atoms with van der Waals surface area (Å²) in [5.74, 6) is 5.55.